The molecule has 0 heterocycles. The van der Waals surface area contributed by atoms with E-state index in [1.54, 1.807) is 0 Å². The average Bonchev–Trinajstić information content (AvgIpc) is 0. The van der Waals surface area contributed by atoms with Crippen molar-refractivity contribution in [3.63, 3.8) is 0 Å². The van der Waals surface area contributed by atoms with E-state index in [0.29, 0.717) is 0 Å². The van der Waals surface area contributed by atoms with Crippen LogP contribution in [0.4, 0.5) is 0 Å². The molecule has 0 bridgehead atoms. The van der Waals surface area contributed by atoms with Crippen molar-refractivity contribution in [1.29, 1.82) is 0 Å². The van der Waals surface area contributed by atoms with Crippen molar-refractivity contribution in [2.75, 3.05) is 0 Å². The van der Waals surface area contributed by atoms with Gasteiger partial charge in [0.25, 0.3) is 0 Å². The summed E-state index contributed by atoms with van der Waals surface area (Å²) in [6.45, 7) is 0. The van der Waals surface area contributed by atoms with Gasteiger partial charge in [-0.2, -0.15) is 0 Å². The van der Waals surface area contributed by atoms with Gasteiger partial charge in [-0.3, -0.25) is 0 Å². The van der Waals surface area contributed by atoms with Gasteiger partial charge < -0.3 is 71.2 Å². The Morgan fingerprint density at radius 2 is 0.130 bits per heavy atom. The second kappa shape index (κ2) is 3180. The standard InChI is InChI=1S/8B.2Na.13H2O/h;;;;;;;;;;13*1H2. The van der Waals surface area contributed by atoms with Crippen molar-refractivity contribution >= 4 is 126 Å². The molecule has 0 saturated carbocycles. The zero-order valence-electron chi connectivity index (χ0n) is 13.1. The van der Waals surface area contributed by atoms with E-state index in [2.05, 4.69) is 0 Å². The monoisotopic (exact) mass is 368 g/mol. The Hall–Kier alpha value is 2.00. The van der Waals surface area contributed by atoms with Gasteiger partial charge in [-0.1, -0.05) is 0 Å². The van der Waals surface area contributed by atoms with E-state index in [4.69, 9.17) is 0 Å². The van der Waals surface area contributed by atoms with Crippen molar-refractivity contribution in [1.82, 2.24) is 0 Å². The molecule has 0 unspecified atom stereocenters. The Balaban J connectivity index is 0. The molecule has 0 aliphatic carbocycles. The predicted octanol–water partition coefficient (Wildman–Crippen LogP) is -14.5. The molecule has 130 valence electrons. The Morgan fingerprint density at radius 3 is 0.130 bits per heavy atom. The molecule has 0 aliphatic rings. The molecular formula is H26B8Na2O13. The summed E-state index contributed by atoms with van der Waals surface area (Å²) in [5, 5.41) is 0. The fourth-order valence-corrected chi connectivity index (χ4v) is 0. The maximum Gasteiger partial charge on any atom is 0 e. The topological polar surface area (TPSA) is 410 Å². The van der Waals surface area contributed by atoms with E-state index in [9.17, 15) is 0 Å². The first kappa shape index (κ1) is 3600. The predicted molar refractivity (Wildman–Crippen MR) is 105 cm³/mol. The van der Waals surface area contributed by atoms with Gasteiger partial charge in [0, 0.05) is 126 Å². The molecule has 23 heteroatoms. The van der Waals surface area contributed by atoms with E-state index in [-0.39, 0.29) is 198 Å². The van der Waals surface area contributed by atoms with Gasteiger partial charge >= 0.3 is 0 Å². The summed E-state index contributed by atoms with van der Waals surface area (Å²) in [6.07, 6.45) is 0. The van der Waals surface area contributed by atoms with E-state index >= 15 is 0 Å². The first-order chi connectivity index (χ1) is 0. The van der Waals surface area contributed by atoms with Gasteiger partial charge in [-0.05, 0) is 0 Å². The average molecular weight is 367 g/mol. The number of rotatable bonds is 0. The number of hydrogen-bond donors (Lipinski definition) is 0. The van der Waals surface area contributed by atoms with Crippen LogP contribution in [-0.4, -0.2) is 198 Å². The van der Waals surface area contributed by atoms with Crippen LogP contribution in [0.5, 0.6) is 0 Å². The third-order valence-electron chi connectivity index (χ3n) is 0. The molecule has 26 radical (unpaired) electrons. The van der Waals surface area contributed by atoms with Crippen LogP contribution in [0.3, 0.4) is 0 Å². The van der Waals surface area contributed by atoms with Crippen molar-refractivity contribution in [3.8, 4) is 0 Å². The second-order valence-electron chi connectivity index (χ2n) is 0. The minimum absolute atomic E-state index is 0. The molecule has 0 rings (SSSR count). The van der Waals surface area contributed by atoms with Gasteiger partial charge in [0.15, 0.2) is 0 Å². The summed E-state index contributed by atoms with van der Waals surface area (Å²) in [4.78, 5) is 0. The maximum absolute atomic E-state index is 0. The fraction of sp³-hybridized carbons (Fsp3) is 0. The van der Waals surface area contributed by atoms with E-state index in [1.165, 1.54) is 0 Å². The van der Waals surface area contributed by atoms with Gasteiger partial charge in [0.1, 0.15) is 0 Å². The third kappa shape index (κ3) is 2910. The molecular weight excluding hydrogens is 340 g/mol. The Kier molecular flexibility index (Phi) is 497000. The van der Waals surface area contributed by atoms with E-state index in [0.717, 1.165) is 0 Å². The van der Waals surface area contributed by atoms with Crippen LogP contribution >= 0.6 is 0 Å². The smallest absolute Gasteiger partial charge is 0 e. The van der Waals surface area contributed by atoms with Crippen molar-refractivity contribution in [2.45, 2.75) is 0 Å². The van der Waals surface area contributed by atoms with Gasteiger partial charge in [0.05, 0.1) is 0 Å². The van der Waals surface area contributed by atoms with E-state index in [1.807, 2.05) is 0 Å². The SMILES string of the molecule is O.O.O.O.O.O.O.O.O.O.O.O.O.[B].[B].[B].[B].[B].[B].[B].[B].[Na].[Na]. The summed E-state index contributed by atoms with van der Waals surface area (Å²) >= 11 is 0. The van der Waals surface area contributed by atoms with E-state index < -0.39 is 0 Å². The van der Waals surface area contributed by atoms with Crippen LogP contribution in [-0.2, 0) is 0 Å². The van der Waals surface area contributed by atoms with Gasteiger partial charge in [0.2, 0.25) is 0 Å². The Morgan fingerprint density at radius 1 is 0.130 bits per heavy atom. The van der Waals surface area contributed by atoms with Gasteiger partial charge in [-0.25, -0.2) is 0 Å². The fourth-order valence-electron chi connectivity index (χ4n) is 0. The van der Waals surface area contributed by atoms with Crippen LogP contribution in [0.15, 0.2) is 0 Å². The van der Waals surface area contributed by atoms with Crippen LogP contribution in [0.1, 0.15) is 0 Å². The minimum atomic E-state index is 0. The zero-order chi connectivity index (χ0) is 0. The van der Waals surface area contributed by atoms with Gasteiger partial charge in [-0.15, -0.1) is 0 Å². The summed E-state index contributed by atoms with van der Waals surface area (Å²) in [7, 11) is 0. The summed E-state index contributed by atoms with van der Waals surface area (Å²) in [5.74, 6) is 0. The molecule has 0 aromatic carbocycles. The largest absolute Gasteiger partial charge is 0.412 e. The van der Waals surface area contributed by atoms with Crippen LogP contribution in [0, 0.1) is 0 Å². The van der Waals surface area contributed by atoms with Crippen LogP contribution in [0.25, 0.3) is 0 Å². The molecule has 0 spiro atoms. The quantitative estimate of drug-likeness (QED) is 0.360. The molecule has 0 atom stereocenters. The summed E-state index contributed by atoms with van der Waals surface area (Å²) in [6, 6.07) is 0. The zero-order valence-corrected chi connectivity index (χ0v) is 17.1. The number of hydrogen-bond acceptors (Lipinski definition) is 0. The molecule has 0 aliphatic heterocycles. The molecule has 26 N–H and O–H groups in total. The molecule has 0 aromatic heterocycles. The second-order valence-corrected chi connectivity index (χ2v) is 0. The van der Waals surface area contributed by atoms with Crippen LogP contribution < -0.4 is 0 Å². The molecule has 13 nitrogen and oxygen atoms in total. The van der Waals surface area contributed by atoms with Crippen molar-refractivity contribution in [3.05, 3.63) is 0 Å². The Labute approximate surface area is 196 Å². The summed E-state index contributed by atoms with van der Waals surface area (Å²) < 4.78 is 0. The van der Waals surface area contributed by atoms with Crippen molar-refractivity contribution in [2.24, 2.45) is 0 Å². The molecule has 0 aromatic rings. The first-order valence-electron chi connectivity index (χ1n) is 0. The molecule has 0 amide bonds. The van der Waals surface area contributed by atoms with Crippen molar-refractivity contribution < 1.29 is 71.2 Å². The third-order valence-corrected chi connectivity index (χ3v) is 0. The molecule has 23 heavy (non-hydrogen) atoms. The molecule has 0 fully saturated rings. The van der Waals surface area contributed by atoms with Crippen LogP contribution in [0.2, 0.25) is 0 Å². The minimum Gasteiger partial charge on any atom is -0.412 e. The maximum atomic E-state index is 0. The normalized spacial score (nSPS) is 0. The summed E-state index contributed by atoms with van der Waals surface area (Å²) in [5.41, 5.74) is 0. The molecule has 0 saturated heterocycles. The Bertz CT molecular complexity index is 29.9. The first-order valence-corrected chi connectivity index (χ1v) is 0.